The van der Waals surface area contributed by atoms with Gasteiger partial charge in [0.05, 0.1) is 0 Å². The lowest BCUT2D eigenvalue weighted by molar-refractivity contribution is -0.122. The Labute approximate surface area is 134 Å². The molecular formula is C16H21N5O2. The second-order valence-electron chi connectivity index (χ2n) is 5.95. The number of aromatic amines is 1. The maximum Gasteiger partial charge on any atom is 0.343 e. The predicted molar refractivity (Wildman–Crippen MR) is 84.8 cm³/mol. The molecule has 2 aromatic heterocycles. The normalized spacial score (nSPS) is 17.3. The van der Waals surface area contributed by atoms with Crippen molar-refractivity contribution in [3.63, 3.8) is 0 Å². The van der Waals surface area contributed by atoms with Crippen LogP contribution in [0.4, 0.5) is 0 Å². The fourth-order valence-corrected chi connectivity index (χ4v) is 3.00. The Morgan fingerprint density at radius 1 is 1.35 bits per heavy atom. The van der Waals surface area contributed by atoms with Crippen LogP contribution in [0.1, 0.15) is 30.7 Å². The first-order valence-electron chi connectivity index (χ1n) is 8.02. The molecule has 0 aliphatic carbocycles. The van der Waals surface area contributed by atoms with E-state index in [9.17, 15) is 9.59 Å². The number of nitrogens with one attached hydrogen (secondary N) is 2. The summed E-state index contributed by atoms with van der Waals surface area (Å²) in [6, 6.07) is 3.91. The topological polar surface area (TPSA) is 92.7 Å². The summed E-state index contributed by atoms with van der Waals surface area (Å²) in [5.41, 5.74) is 1.02. The molecule has 7 nitrogen and oxygen atoms in total. The van der Waals surface area contributed by atoms with Gasteiger partial charge in [-0.15, -0.1) is 0 Å². The number of rotatable bonds is 5. The lowest BCUT2D eigenvalue weighted by Crippen LogP contribution is -2.28. The number of nitrogens with zero attached hydrogens (tertiary/aromatic N) is 3. The van der Waals surface area contributed by atoms with Crippen molar-refractivity contribution in [3.8, 4) is 0 Å². The van der Waals surface area contributed by atoms with Gasteiger partial charge in [0.1, 0.15) is 5.82 Å². The van der Waals surface area contributed by atoms with E-state index < -0.39 is 0 Å². The fraction of sp³-hybridized carbons (Fsp3) is 0.500. The summed E-state index contributed by atoms with van der Waals surface area (Å²) in [6.07, 6.45) is 7.31. The van der Waals surface area contributed by atoms with E-state index in [0.29, 0.717) is 25.4 Å². The van der Waals surface area contributed by atoms with Crippen LogP contribution in [0.2, 0.25) is 0 Å². The molecule has 0 aromatic carbocycles. The van der Waals surface area contributed by atoms with Crippen LogP contribution < -0.4 is 11.0 Å². The fourth-order valence-electron chi connectivity index (χ4n) is 3.00. The van der Waals surface area contributed by atoms with Gasteiger partial charge in [0, 0.05) is 38.3 Å². The van der Waals surface area contributed by atoms with Crippen LogP contribution in [0.25, 0.3) is 0 Å². The van der Waals surface area contributed by atoms with Gasteiger partial charge < -0.3 is 5.32 Å². The van der Waals surface area contributed by atoms with Crippen LogP contribution in [0, 0.1) is 5.92 Å². The Kier molecular flexibility index (Phi) is 4.85. The Morgan fingerprint density at radius 2 is 2.17 bits per heavy atom. The maximum absolute atomic E-state index is 12.1. The second kappa shape index (κ2) is 7.21. The number of aromatic nitrogens is 4. The lowest BCUT2D eigenvalue weighted by atomic mass is 9.96. The minimum Gasteiger partial charge on any atom is -0.356 e. The third kappa shape index (κ3) is 4.06. The van der Waals surface area contributed by atoms with Gasteiger partial charge >= 0.3 is 5.69 Å². The average molecular weight is 315 g/mol. The van der Waals surface area contributed by atoms with Crippen molar-refractivity contribution >= 4 is 5.91 Å². The summed E-state index contributed by atoms with van der Waals surface area (Å²) < 4.78 is 1.68. The van der Waals surface area contributed by atoms with E-state index in [0.717, 1.165) is 31.5 Å². The molecular weight excluding hydrogens is 294 g/mol. The van der Waals surface area contributed by atoms with E-state index in [4.69, 9.17) is 0 Å². The molecule has 1 unspecified atom stereocenters. The third-order valence-electron chi connectivity index (χ3n) is 4.33. The van der Waals surface area contributed by atoms with Crippen LogP contribution in [0.3, 0.4) is 0 Å². The Hall–Kier alpha value is -2.44. The number of pyridine rings is 1. The first-order valence-corrected chi connectivity index (χ1v) is 8.02. The molecule has 0 bridgehead atoms. The first-order chi connectivity index (χ1) is 11.2. The summed E-state index contributed by atoms with van der Waals surface area (Å²) in [6.45, 7) is 1.27. The van der Waals surface area contributed by atoms with Crippen molar-refractivity contribution in [1.29, 1.82) is 0 Å². The lowest BCUT2D eigenvalue weighted by Gasteiger charge is -2.13. The number of hydrogen-bond donors (Lipinski definition) is 2. The van der Waals surface area contributed by atoms with E-state index in [1.807, 2.05) is 12.1 Å². The number of H-pyrrole nitrogens is 1. The Bertz CT molecular complexity index is 707. The molecule has 2 aromatic rings. The zero-order chi connectivity index (χ0) is 16.1. The molecule has 2 N–H and O–H groups in total. The summed E-state index contributed by atoms with van der Waals surface area (Å²) in [5, 5.41) is 9.49. The molecule has 3 heterocycles. The van der Waals surface area contributed by atoms with E-state index >= 15 is 0 Å². The van der Waals surface area contributed by atoms with E-state index in [1.165, 1.54) is 5.56 Å². The molecule has 0 saturated heterocycles. The quantitative estimate of drug-likeness (QED) is 0.848. The maximum atomic E-state index is 12.1. The van der Waals surface area contributed by atoms with Crippen molar-refractivity contribution < 1.29 is 4.79 Å². The van der Waals surface area contributed by atoms with Gasteiger partial charge in [0.25, 0.3) is 0 Å². The van der Waals surface area contributed by atoms with Crippen LogP contribution in [0.5, 0.6) is 0 Å². The summed E-state index contributed by atoms with van der Waals surface area (Å²) >= 11 is 0. The molecule has 23 heavy (non-hydrogen) atoms. The SMILES string of the molecule is O=C(CC1CCc2n[nH]c(=O)n2CC1)NCCc1ccncc1. The van der Waals surface area contributed by atoms with Crippen LogP contribution in [0.15, 0.2) is 29.3 Å². The van der Waals surface area contributed by atoms with Crippen LogP contribution in [-0.2, 0) is 24.2 Å². The third-order valence-corrected chi connectivity index (χ3v) is 4.33. The van der Waals surface area contributed by atoms with Crippen molar-refractivity contribution in [2.75, 3.05) is 6.54 Å². The second-order valence-corrected chi connectivity index (χ2v) is 5.95. The highest BCUT2D eigenvalue weighted by Gasteiger charge is 2.20. The van der Waals surface area contributed by atoms with Crippen LogP contribution >= 0.6 is 0 Å². The predicted octanol–water partition coefficient (Wildman–Crippen LogP) is 0.668. The number of aryl methyl sites for hydroxylation is 1. The minimum atomic E-state index is -0.151. The van der Waals surface area contributed by atoms with Crippen molar-refractivity contribution in [3.05, 3.63) is 46.4 Å². The van der Waals surface area contributed by atoms with Gasteiger partial charge in [-0.25, -0.2) is 9.89 Å². The van der Waals surface area contributed by atoms with Crippen molar-refractivity contribution in [2.24, 2.45) is 5.92 Å². The van der Waals surface area contributed by atoms with Crippen LogP contribution in [-0.4, -0.2) is 32.2 Å². The smallest absolute Gasteiger partial charge is 0.343 e. The highest BCUT2D eigenvalue weighted by molar-refractivity contribution is 5.76. The number of hydrogen-bond acceptors (Lipinski definition) is 4. The first kappa shape index (κ1) is 15.5. The molecule has 7 heteroatoms. The summed E-state index contributed by atoms with van der Waals surface area (Å²) in [4.78, 5) is 27.6. The van der Waals surface area contributed by atoms with Crippen molar-refractivity contribution in [1.82, 2.24) is 25.1 Å². The monoisotopic (exact) mass is 315 g/mol. The van der Waals surface area contributed by atoms with E-state index in [-0.39, 0.29) is 11.6 Å². The molecule has 0 spiro atoms. The number of amides is 1. The number of fused-ring (bicyclic) bond motifs is 1. The highest BCUT2D eigenvalue weighted by Crippen LogP contribution is 2.20. The van der Waals surface area contributed by atoms with Crippen molar-refractivity contribution in [2.45, 2.75) is 38.6 Å². The van der Waals surface area contributed by atoms with E-state index in [2.05, 4.69) is 20.5 Å². The van der Waals surface area contributed by atoms with Gasteiger partial charge in [-0.2, -0.15) is 5.10 Å². The zero-order valence-corrected chi connectivity index (χ0v) is 13.0. The molecule has 0 fully saturated rings. The molecule has 1 amide bonds. The molecule has 1 aliphatic heterocycles. The number of carbonyl (C=O) groups excluding carboxylic acids is 1. The van der Waals surface area contributed by atoms with Gasteiger partial charge in [0.15, 0.2) is 0 Å². The largest absolute Gasteiger partial charge is 0.356 e. The summed E-state index contributed by atoms with van der Waals surface area (Å²) in [5.74, 6) is 1.19. The molecule has 3 rings (SSSR count). The molecule has 122 valence electrons. The highest BCUT2D eigenvalue weighted by atomic mass is 16.2. The average Bonchev–Trinajstić information content (AvgIpc) is 2.78. The zero-order valence-electron chi connectivity index (χ0n) is 13.0. The van der Waals surface area contributed by atoms with Gasteiger partial charge in [-0.05, 0) is 42.9 Å². The molecule has 0 saturated carbocycles. The molecule has 1 aliphatic rings. The van der Waals surface area contributed by atoms with Gasteiger partial charge in [-0.1, -0.05) is 0 Å². The van der Waals surface area contributed by atoms with Gasteiger partial charge in [-0.3, -0.25) is 14.3 Å². The Balaban J connectivity index is 1.43. The standard InChI is InChI=1S/C16H21N5O2/c22-15(18-9-5-12-3-7-17-8-4-12)11-13-1-2-14-19-20-16(23)21(14)10-6-13/h3-4,7-8,13H,1-2,5-6,9-11H2,(H,18,22)(H,20,23). The van der Waals surface area contributed by atoms with E-state index in [1.54, 1.807) is 17.0 Å². The Morgan fingerprint density at radius 3 is 3.00 bits per heavy atom. The minimum absolute atomic E-state index is 0.0810. The molecule has 0 radical (unpaired) electrons. The summed E-state index contributed by atoms with van der Waals surface area (Å²) in [7, 11) is 0. The molecule has 1 atom stereocenters. The number of carbonyl (C=O) groups is 1. The van der Waals surface area contributed by atoms with Gasteiger partial charge in [0.2, 0.25) is 5.91 Å².